The van der Waals surface area contributed by atoms with Gasteiger partial charge in [0.25, 0.3) is 0 Å². The lowest BCUT2D eigenvalue weighted by molar-refractivity contribution is 0.699. The average molecular weight is 274 g/mol. The number of benzene rings is 2. The number of hydrogen-bond acceptors (Lipinski definition) is 1. The Morgan fingerprint density at radius 2 is 1.79 bits per heavy atom. The van der Waals surface area contributed by atoms with Crippen molar-refractivity contribution in [3.63, 3.8) is 0 Å². The number of rotatable bonds is 3. The fourth-order valence-corrected chi connectivity index (χ4v) is 2.50. The predicted octanol–water partition coefficient (Wildman–Crippen LogP) is 5.03. The topological polar surface area (TPSA) is 26.0 Å². The molecular weight excluding hydrogens is 254 g/mol. The van der Waals surface area contributed by atoms with Crippen molar-refractivity contribution in [1.29, 1.82) is 0 Å². The first kappa shape index (κ1) is 14.1. The van der Waals surface area contributed by atoms with Crippen molar-refractivity contribution >= 4 is 11.6 Å². The summed E-state index contributed by atoms with van der Waals surface area (Å²) in [6.07, 6.45) is 0.935. The quantitative estimate of drug-likeness (QED) is 0.834. The minimum absolute atomic E-state index is 0.0882. The molecule has 0 aliphatic heterocycles. The minimum atomic E-state index is 0.0882. The number of halogens is 1. The molecule has 0 aliphatic carbocycles. The molecule has 1 unspecified atom stereocenters. The molecule has 2 aromatic rings. The van der Waals surface area contributed by atoms with Gasteiger partial charge < -0.3 is 5.73 Å². The van der Waals surface area contributed by atoms with E-state index in [1.807, 2.05) is 12.1 Å². The van der Waals surface area contributed by atoms with Gasteiger partial charge in [0.15, 0.2) is 0 Å². The van der Waals surface area contributed by atoms with Crippen LogP contribution in [0.5, 0.6) is 0 Å². The van der Waals surface area contributed by atoms with Gasteiger partial charge in [-0.2, -0.15) is 0 Å². The highest BCUT2D eigenvalue weighted by atomic mass is 35.5. The molecule has 0 heterocycles. The van der Waals surface area contributed by atoms with Crippen LogP contribution in [0.1, 0.15) is 36.1 Å². The standard InChI is InChI=1S/C17H20ClN/c1-4-17(19)14-7-5-6-13(10-14)15-8-11(2)12(3)9-16(15)18/h5-10,17H,4,19H2,1-3H3. The summed E-state index contributed by atoms with van der Waals surface area (Å²) in [6, 6.07) is 12.6. The van der Waals surface area contributed by atoms with Crippen LogP contribution in [-0.2, 0) is 0 Å². The second kappa shape index (κ2) is 5.77. The van der Waals surface area contributed by atoms with E-state index in [1.54, 1.807) is 0 Å². The Labute approximate surface area is 120 Å². The maximum absolute atomic E-state index is 6.37. The Bertz CT molecular complexity index is 590. The first-order chi connectivity index (χ1) is 9.02. The fraction of sp³-hybridized carbons (Fsp3) is 0.294. The third-order valence-corrected chi connectivity index (χ3v) is 3.96. The van der Waals surface area contributed by atoms with Crippen LogP contribution < -0.4 is 5.73 Å². The van der Waals surface area contributed by atoms with Crippen LogP contribution in [0, 0.1) is 13.8 Å². The van der Waals surface area contributed by atoms with E-state index in [-0.39, 0.29) is 6.04 Å². The van der Waals surface area contributed by atoms with Crippen LogP contribution in [0.4, 0.5) is 0 Å². The van der Waals surface area contributed by atoms with E-state index >= 15 is 0 Å². The van der Waals surface area contributed by atoms with Gasteiger partial charge in [-0.15, -0.1) is 0 Å². The van der Waals surface area contributed by atoms with Crippen molar-refractivity contribution < 1.29 is 0 Å². The van der Waals surface area contributed by atoms with Crippen molar-refractivity contribution in [1.82, 2.24) is 0 Å². The summed E-state index contributed by atoms with van der Waals surface area (Å²) in [5.74, 6) is 0. The Hall–Kier alpha value is -1.31. The van der Waals surface area contributed by atoms with E-state index in [0.29, 0.717) is 0 Å². The highest BCUT2D eigenvalue weighted by Gasteiger charge is 2.09. The number of aryl methyl sites for hydroxylation is 2. The Kier molecular flexibility index (Phi) is 4.28. The minimum Gasteiger partial charge on any atom is -0.324 e. The molecule has 0 aliphatic rings. The zero-order valence-electron chi connectivity index (χ0n) is 11.7. The molecule has 19 heavy (non-hydrogen) atoms. The lowest BCUT2D eigenvalue weighted by atomic mass is 9.96. The summed E-state index contributed by atoms with van der Waals surface area (Å²) >= 11 is 6.37. The van der Waals surface area contributed by atoms with Crippen LogP contribution in [0.2, 0.25) is 5.02 Å². The summed E-state index contributed by atoms with van der Waals surface area (Å²) < 4.78 is 0. The first-order valence-corrected chi connectivity index (χ1v) is 7.03. The van der Waals surface area contributed by atoms with Gasteiger partial charge in [0, 0.05) is 16.6 Å². The Morgan fingerprint density at radius 3 is 2.47 bits per heavy atom. The van der Waals surface area contributed by atoms with Crippen LogP contribution in [0.3, 0.4) is 0 Å². The van der Waals surface area contributed by atoms with Crippen molar-refractivity contribution in [3.8, 4) is 11.1 Å². The largest absolute Gasteiger partial charge is 0.324 e. The Balaban J connectivity index is 2.50. The van der Waals surface area contributed by atoms with Gasteiger partial charge in [-0.25, -0.2) is 0 Å². The Morgan fingerprint density at radius 1 is 1.11 bits per heavy atom. The monoisotopic (exact) mass is 273 g/mol. The van der Waals surface area contributed by atoms with Crippen molar-refractivity contribution in [2.75, 3.05) is 0 Å². The molecule has 0 radical (unpaired) electrons. The average Bonchev–Trinajstić information content (AvgIpc) is 2.42. The van der Waals surface area contributed by atoms with Gasteiger partial charge >= 0.3 is 0 Å². The van der Waals surface area contributed by atoms with Crippen molar-refractivity contribution in [2.24, 2.45) is 5.73 Å². The highest BCUT2D eigenvalue weighted by Crippen LogP contribution is 2.32. The third kappa shape index (κ3) is 2.99. The van der Waals surface area contributed by atoms with E-state index < -0.39 is 0 Å². The molecule has 0 amide bonds. The predicted molar refractivity (Wildman–Crippen MR) is 83.6 cm³/mol. The van der Waals surface area contributed by atoms with Gasteiger partial charge in [0.1, 0.15) is 0 Å². The van der Waals surface area contributed by atoms with Crippen LogP contribution in [0.25, 0.3) is 11.1 Å². The maximum Gasteiger partial charge on any atom is 0.0487 e. The van der Waals surface area contributed by atoms with Crippen LogP contribution >= 0.6 is 11.6 Å². The van der Waals surface area contributed by atoms with Gasteiger partial charge in [-0.1, -0.05) is 36.7 Å². The summed E-state index contributed by atoms with van der Waals surface area (Å²) in [4.78, 5) is 0. The summed E-state index contributed by atoms with van der Waals surface area (Å²) in [6.45, 7) is 6.28. The second-order valence-electron chi connectivity index (χ2n) is 5.06. The highest BCUT2D eigenvalue weighted by molar-refractivity contribution is 6.33. The molecule has 0 saturated heterocycles. The van der Waals surface area contributed by atoms with Gasteiger partial charge in [-0.3, -0.25) is 0 Å². The molecule has 0 aromatic heterocycles. The van der Waals surface area contributed by atoms with Crippen molar-refractivity contribution in [3.05, 3.63) is 58.1 Å². The molecule has 2 N–H and O–H groups in total. The lowest BCUT2D eigenvalue weighted by Crippen LogP contribution is -2.08. The smallest absolute Gasteiger partial charge is 0.0487 e. The molecule has 0 bridgehead atoms. The van der Waals surface area contributed by atoms with Crippen LogP contribution in [-0.4, -0.2) is 0 Å². The van der Waals surface area contributed by atoms with Crippen molar-refractivity contribution in [2.45, 2.75) is 33.2 Å². The molecule has 2 rings (SSSR count). The second-order valence-corrected chi connectivity index (χ2v) is 5.46. The molecule has 0 fully saturated rings. The van der Waals surface area contributed by atoms with E-state index in [1.165, 1.54) is 11.1 Å². The normalized spacial score (nSPS) is 12.5. The molecule has 1 atom stereocenters. The molecule has 0 spiro atoms. The SMILES string of the molecule is CCC(N)c1cccc(-c2cc(C)c(C)cc2Cl)c1. The maximum atomic E-state index is 6.37. The van der Waals surface area contributed by atoms with Gasteiger partial charge in [0.2, 0.25) is 0 Å². The van der Waals surface area contributed by atoms with Gasteiger partial charge in [-0.05, 0) is 60.7 Å². The van der Waals surface area contributed by atoms with E-state index in [4.69, 9.17) is 17.3 Å². The summed E-state index contributed by atoms with van der Waals surface area (Å²) in [5, 5.41) is 0.797. The lowest BCUT2D eigenvalue weighted by Gasteiger charge is -2.13. The molecule has 2 aromatic carbocycles. The fourth-order valence-electron chi connectivity index (χ4n) is 2.17. The third-order valence-electron chi connectivity index (χ3n) is 3.65. The zero-order chi connectivity index (χ0) is 14.0. The van der Waals surface area contributed by atoms with Crippen LogP contribution in [0.15, 0.2) is 36.4 Å². The molecule has 1 nitrogen and oxygen atoms in total. The number of hydrogen-bond donors (Lipinski definition) is 1. The van der Waals surface area contributed by atoms with Gasteiger partial charge in [0.05, 0.1) is 0 Å². The van der Waals surface area contributed by atoms with E-state index in [9.17, 15) is 0 Å². The first-order valence-electron chi connectivity index (χ1n) is 6.65. The molecule has 0 saturated carbocycles. The summed E-state index contributed by atoms with van der Waals surface area (Å²) in [5.41, 5.74) is 11.9. The number of nitrogens with two attached hydrogens (primary N) is 1. The molecule has 100 valence electrons. The molecular formula is C17H20ClN. The summed E-state index contributed by atoms with van der Waals surface area (Å²) in [7, 11) is 0. The van der Waals surface area contributed by atoms with E-state index in [2.05, 4.69) is 45.0 Å². The van der Waals surface area contributed by atoms with E-state index in [0.717, 1.165) is 28.1 Å². The zero-order valence-corrected chi connectivity index (χ0v) is 12.5. The molecule has 2 heteroatoms.